The predicted molar refractivity (Wildman–Crippen MR) is 81.4 cm³/mol. The largest absolute Gasteiger partial charge is 0.437 e. The summed E-state index contributed by atoms with van der Waals surface area (Å²) in [7, 11) is 1.87. The number of para-hydroxylation sites is 1. The van der Waals surface area contributed by atoms with E-state index in [1.165, 1.54) is 0 Å². The molecule has 0 spiro atoms. The first-order valence-corrected chi connectivity index (χ1v) is 7.05. The number of hydrogen-bond acceptors (Lipinski definition) is 3. The van der Waals surface area contributed by atoms with Gasteiger partial charge in [0.15, 0.2) is 0 Å². The van der Waals surface area contributed by atoms with E-state index in [1.807, 2.05) is 38.2 Å². The summed E-state index contributed by atoms with van der Waals surface area (Å²) in [6.45, 7) is 6.93. The first kappa shape index (κ1) is 14.9. The zero-order valence-electron chi connectivity index (χ0n) is 12.3. The highest BCUT2D eigenvalue weighted by molar-refractivity contribution is 6.32. The smallest absolute Gasteiger partial charge is 0.222 e. The molecule has 2 aromatic rings. The SMILES string of the molecule is Cc1nn(C)c(Oc2ccccc2Cl)c1CNC(C)C. The lowest BCUT2D eigenvalue weighted by atomic mass is 10.2. The molecule has 4 nitrogen and oxygen atoms in total. The predicted octanol–water partition coefficient (Wildman–Crippen LogP) is 3.67. The Balaban J connectivity index is 2.29. The molecule has 108 valence electrons. The van der Waals surface area contributed by atoms with E-state index >= 15 is 0 Å². The van der Waals surface area contributed by atoms with Crippen LogP contribution in [-0.4, -0.2) is 15.8 Å². The number of ether oxygens (including phenoxy) is 1. The summed E-state index contributed by atoms with van der Waals surface area (Å²) in [5.41, 5.74) is 2.02. The van der Waals surface area contributed by atoms with Gasteiger partial charge in [-0.1, -0.05) is 37.6 Å². The topological polar surface area (TPSA) is 39.1 Å². The normalized spacial score (nSPS) is 11.1. The Hall–Kier alpha value is -1.52. The molecule has 1 aromatic heterocycles. The van der Waals surface area contributed by atoms with E-state index in [9.17, 15) is 0 Å². The molecule has 1 aromatic carbocycles. The lowest BCUT2D eigenvalue weighted by molar-refractivity contribution is 0.422. The molecular formula is C15H20ClN3O. The van der Waals surface area contributed by atoms with E-state index in [0.717, 1.165) is 23.7 Å². The molecule has 0 amide bonds. The number of nitrogens with zero attached hydrogens (tertiary/aromatic N) is 2. The van der Waals surface area contributed by atoms with Crippen LogP contribution in [0.2, 0.25) is 5.02 Å². The van der Waals surface area contributed by atoms with Crippen LogP contribution in [0.4, 0.5) is 0 Å². The molecule has 0 radical (unpaired) electrons. The fourth-order valence-corrected chi connectivity index (χ4v) is 2.12. The third-order valence-electron chi connectivity index (χ3n) is 3.02. The van der Waals surface area contributed by atoms with Gasteiger partial charge in [-0.05, 0) is 19.1 Å². The van der Waals surface area contributed by atoms with Crippen molar-refractivity contribution in [3.8, 4) is 11.6 Å². The van der Waals surface area contributed by atoms with Crippen molar-refractivity contribution in [2.75, 3.05) is 0 Å². The van der Waals surface area contributed by atoms with Gasteiger partial charge in [0, 0.05) is 19.6 Å². The van der Waals surface area contributed by atoms with Gasteiger partial charge < -0.3 is 10.1 Å². The van der Waals surface area contributed by atoms with Crippen molar-refractivity contribution in [3.05, 3.63) is 40.5 Å². The van der Waals surface area contributed by atoms with Crippen molar-refractivity contribution in [2.24, 2.45) is 7.05 Å². The zero-order chi connectivity index (χ0) is 14.7. The van der Waals surface area contributed by atoms with Crippen LogP contribution in [0.25, 0.3) is 0 Å². The molecule has 1 N–H and O–H groups in total. The summed E-state index contributed by atoms with van der Waals surface area (Å²) in [6.07, 6.45) is 0. The molecule has 0 bridgehead atoms. The fourth-order valence-electron chi connectivity index (χ4n) is 1.95. The van der Waals surface area contributed by atoms with Gasteiger partial charge in [0.1, 0.15) is 5.75 Å². The Morgan fingerprint density at radius 3 is 2.70 bits per heavy atom. The Labute approximate surface area is 124 Å². The van der Waals surface area contributed by atoms with Gasteiger partial charge in [0.25, 0.3) is 0 Å². The van der Waals surface area contributed by atoms with Gasteiger partial charge >= 0.3 is 0 Å². The molecule has 0 saturated heterocycles. The van der Waals surface area contributed by atoms with E-state index in [2.05, 4.69) is 24.3 Å². The lowest BCUT2D eigenvalue weighted by Crippen LogP contribution is -2.22. The maximum Gasteiger partial charge on any atom is 0.222 e. The van der Waals surface area contributed by atoms with Gasteiger partial charge in [0.2, 0.25) is 5.88 Å². The summed E-state index contributed by atoms with van der Waals surface area (Å²) in [5, 5.41) is 8.41. The van der Waals surface area contributed by atoms with Crippen molar-refractivity contribution < 1.29 is 4.74 Å². The Morgan fingerprint density at radius 2 is 2.05 bits per heavy atom. The number of halogens is 1. The maximum absolute atomic E-state index is 6.14. The average Bonchev–Trinajstić information content (AvgIpc) is 2.64. The van der Waals surface area contributed by atoms with Crippen LogP contribution in [0.3, 0.4) is 0 Å². The number of rotatable bonds is 5. The monoisotopic (exact) mass is 293 g/mol. The molecule has 0 unspecified atom stereocenters. The van der Waals surface area contributed by atoms with Crippen molar-refractivity contribution in [1.82, 2.24) is 15.1 Å². The minimum absolute atomic E-state index is 0.405. The molecule has 0 aliphatic heterocycles. The van der Waals surface area contributed by atoms with Crippen LogP contribution in [0.15, 0.2) is 24.3 Å². The Bertz CT molecular complexity index is 593. The molecule has 5 heteroatoms. The molecular weight excluding hydrogens is 274 g/mol. The van der Waals surface area contributed by atoms with Crippen LogP contribution in [-0.2, 0) is 13.6 Å². The first-order chi connectivity index (χ1) is 9.49. The van der Waals surface area contributed by atoms with Crippen LogP contribution < -0.4 is 10.1 Å². The van der Waals surface area contributed by atoms with E-state index in [1.54, 1.807) is 4.68 Å². The minimum Gasteiger partial charge on any atom is -0.437 e. The summed E-state index contributed by atoms with van der Waals surface area (Å²) in [6, 6.07) is 7.85. The molecule has 0 aliphatic rings. The van der Waals surface area contributed by atoms with Gasteiger partial charge in [-0.15, -0.1) is 0 Å². The number of aryl methyl sites for hydroxylation is 2. The lowest BCUT2D eigenvalue weighted by Gasteiger charge is -2.12. The number of nitrogens with one attached hydrogen (secondary N) is 1. The van der Waals surface area contributed by atoms with Gasteiger partial charge in [-0.2, -0.15) is 5.10 Å². The van der Waals surface area contributed by atoms with Gasteiger partial charge in [0.05, 0.1) is 16.3 Å². The van der Waals surface area contributed by atoms with E-state index < -0.39 is 0 Å². The molecule has 20 heavy (non-hydrogen) atoms. The number of aromatic nitrogens is 2. The van der Waals surface area contributed by atoms with Crippen LogP contribution >= 0.6 is 11.6 Å². The molecule has 2 rings (SSSR count). The fraction of sp³-hybridized carbons (Fsp3) is 0.400. The summed E-state index contributed by atoms with van der Waals surface area (Å²) in [4.78, 5) is 0. The summed E-state index contributed by atoms with van der Waals surface area (Å²) in [5.74, 6) is 1.37. The van der Waals surface area contributed by atoms with Crippen LogP contribution in [0.1, 0.15) is 25.1 Å². The van der Waals surface area contributed by atoms with Crippen LogP contribution in [0, 0.1) is 6.92 Å². The van der Waals surface area contributed by atoms with E-state index in [0.29, 0.717) is 16.8 Å². The highest BCUT2D eigenvalue weighted by Gasteiger charge is 2.16. The molecule has 0 aliphatic carbocycles. The number of hydrogen-bond donors (Lipinski definition) is 1. The van der Waals surface area contributed by atoms with Crippen molar-refractivity contribution >= 4 is 11.6 Å². The summed E-state index contributed by atoms with van der Waals surface area (Å²) >= 11 is 6.14. The average molecular weight is 294 g/mol. The van der Waals surface area contributed by atoms with Crippen molar-refractivity contribution in [2.45, 2.75) is 33.4 Å². The molecule has 0 saturated carbocycles. The quantitative estimate of drug-likeness (QED) is 0.914. The second kappa shape index (κ2) is 6.29. The molecule has 1 heterocycles. The van der Waals surface area contributed by atoms with Gasteiger partial charge in [-0.3, -0.25) is 0 Å². The standard InChI is InChI=1S/C15H20ClN3O/c1-10(2)17-9-12-11(3)18-19(4)15(12)20-14-8-6-5-7-13(14)16/h5-8,10,17H,9H2,1-4H3. The third-order valence-corrected chi connectivity index (χ3v) is 3.33. The number of benzene rings is 1. The minimum atomic E-state index is 0.405. The third kappa shape index (κ3) is 3.32. The molecule has 0 fully saturated rings. The van der Waals surface area contributed by atoms with Crippen molar-refractivity contribution in [1.29, 1.82) is 0 Å². The van der Waals surface area contributed by atoms with Gasteiger partial charge in [-0.25, -0.2) is 4.68 Å². The Kier molecular flexibility index (Phi) is 4.68. The first-order valence-electron chi connectivity index (χ1n) is 6.67. The Morgan fingerprint density at radius 1 is 1.35 bits per heavy atom. The maximum atomic E-state index is 6.14. The van der Waals surface area contributed by atoms with E-state index in [4.69, 9.17) is 16.3 Å². The second-order valence-electron chi connectivity index (χ2n) is 5.06. The molecule has 0 atom stereocenters. The van der Waals surface area contributed by atoms with Crippen LogP contribution in [0.5, 0.6) is 11.6 Å². The zero-order valence-corrected chi connectivity index (χ0v) is 13.0. The second-order valence-corrected chi connectivity index (χ2v) is 5.47. The summed E-state index contributed by atoms with van der Waals surface area (Å²) < 4.78 is 7.70. The van der Waals surface area contributed by atoms with Crippen molar-refractivity contribution in [3.63, 3.8) is 0 Å². The highest BCUT2D eigenvalue weighted by atomic mass is 35.5. The highest BCUT2D eigenvalue weighted by Crippen LogP contribution is 2.31. The van der Waals surface area contributed by atoms with E-state index in [-0.39, 0.29) is 0 Å².